The molecule has 0 unspecified atom stereocenters. The molecule has 6 heteroatoms. The molecule has 2 rings (SSSR count). The van der Waals surface area contributed by atoms with E-state index in [-0.39, 0.29) is 16.6 Å². The number of esters is 1. The number of ether oxygens (including phenoxy) is 1. The SMILES string of the molecule is C#Cc1cc(C(=O)OC(C)(C)C)cc(B2OC(C)(C)C(C)(C)O2)c1F. The molecule has 134 valence electrons. The van der Waals surface area contributed by atoms with E-state index in [0.29, 0.717) is 0 Å². The van der Waals surface area contributed by atoms with Crippen LogP contribution in [0.25, 0.3) is 0 Å². The van der Waals surface area contributed by atoms with E-state index >= 15 is 0 Å². The third-order valence-electron chi connectivity index (χ3n) is 4.40. The molecule has 1 aromatic carbocycles. The molecule has 1 aromatic rings. The average Bonchev–Trinajstić information content (AvgIpc) is 2.65. The molecule has 0 N–H and O–H groups in total. The minimum atomic E-state index is -0.959. The maximum Gasteiger partial charge on any atom is 0.497 e. The number of carbonyl (C=O) groups excluding carboxylic acids is 1. The number of hydrogen-bond acceptors (Lipinski definition) is 4. The first kappa shape index (κ1) is 19.5. The highest BCUT2D eigenvalue weighted by Crippen LogP contribution is 2.36. The van der Waals surface area contributed by atoms with Gasteiger partial charge in [0.15, 0.2) is 0 Å². The van der Waals surface area contributed by atoms with Crippen LogP contribution in [-0.4, -0.2) is 29.9 Å². The summed E-state index contributed by atoms with van der Waals surface area (Å²) in [5, 5.41) is 0. The molecule has 0 amide bonds. The van der Waals surface area contributed by atoms with Gasteiger partial charge in [0.05, 0.1) is 22.3 Å². The van der Waals surface area contributed by atoms with E-state index in [4.69, 9.17) is 20.5 Å². The molecule has 1 aliphatic rings. The number of halogens is 1. The molecule has 0 aliphatic carbocycles. The van der Waals surface area contributed by atoms with Crippen LogP contribution in [0, 0.1) is 18.2 Å². The van der Waals surface area contributed by atoms with Crippen molar-refractivity contribution in [1.29, 1.82) is 0 Å². The van der Waals surface area contributed by atoms with Gasteiger partial charge in [-0.1, -0.05) is 5.92 Å². The van der Waals surface area contributed by atoms with Crippen LogP contribution in [0.3, 0.4) is 0 Å². The lowest BCUT2D eigenvalue weighted by molar-refractivity contribution is 0.00578. The number of rotatable bonds is 2. The lowest BCUT2D eigenvalue weighted by atomic mass is 9.77. The van der Waals surface area contributed by atoms with Gasteiger partial charge >= 0.3 is 13.1 Å². The second-order valence-electron chi connectivity index (χ2n) is 8.16. The predicted molar refractivity (Wildman–Crippen MR) is 95.2 cm³/mol. The Bertz CT molecular complexity index is 725. The number of carbonyl (C=O) groups is 1. The Morgan fingerprint density at radius 2 is 1.72 bits per heavy atom. The van der Waals surface area contributed by atoms with Crippen LogP contribution in [-0.2, 0) is 14.0 Å². The third kappa shape index (κ3) is 3.89. The molecule has 0 atom stereocenters. The maximum absolute atomic E-state index is 14.8. The summed E-state index contributed by atoms with van der Waals surface area (Å²) in [7, 11) is -0.959. The Morgan fingerprint density at radius 1 is 1.20 bits per heavy atom. The van der Waals surface area contributed by atoms with Gasteiger partial charge in [-0.2, -0.15) is 0 Å². The molecular weight excluding hydrogens is 322 g/mol. The van der Waals surface area contributed by atoms with Gasteiger partial charge in [-0.15, -0.1) is 6.42 Å². The number of terminal acetylenes is 1. The van der Waals surface area contributed by atoms with E-state index in [1.54, 1.807) is 20.8 Å². The molecule has 0 spiro atoms. The average molecular weight is 346 g/mol. The van der Waals surface area contributed by atoms with Crippen LogP contribution in [0.2, 0.25) is 0 Å². The van der Waals surface area contributed by atoms with E-state index in [2.05, 4.69) is 5.92 Å². The zero-order valence-electron chi connectivity index (χ0n) is 15.8. The lowest BCUT2D eigenvalue weighted by Crippen LogP contribution is -2.41. The fourth-order valence-corrected chi connectivity index (χ4v) is 2.35. The fraction of sp³-hybridized carbons (Fsp3) is 0.526. The van der Waals surface area contributed by atoms with Gasteiger partial charge in [-0.3, -0.25) is 0 Å². The van der Waals surface area contributed by atoms with Crippen LogP contribution in [0.5, 0.6) is 0 Å². The van der Waals surface area contributed by atoms with Crippen molar-refractivity contribution in [3.8, 4) is 12.3 Å². The van der Waals surface area contributed by atoms with Crippen molar-refractivity contribution >= 4 is 18.6 Å². The Kier molecular flexibility index (Phi) is 4.80. The Labute approximate surface area is 149 Å². The van der Waals surface area contributed by atoms with E-state index < -0.39 is 35.7 Å². The standard InChI is InChI=1S/C19H24BFO4/c1-9-12-10-13(16(22)23-17(2,3)4)11-14(15(12)21)20-24-18(5,6)19(7,8)25-20/h1,10-11H,2-8H3. The van der Waals surface area contributed by atoms with E-state index in [1.807, 2.05) is 27.7 Å². The van der Waals surface area contributed by atoms with Crippen molar-refractivity contribution in [1.82, 2.24) is 0 Å². The normalized spacial score (nSPS) is 18.8. The first-order valence-corrected chi connectivity index (χ1v) is 8.16. The molecule has 1 saturated heterocycles. The molecule has 1 aliphatic heterocycles. The first-order valence-electron chi connectivity index (χ1n) is 8.16. The van der Waals surface area contributed by atoms with E-state index in [1.165, 1.54) is 12.1 Å². The first-order chi connectivity index (χ1) is 11.3. The summed E-state index contributed by atoms with van der Waals surface area (Å²) < 4.78 is 31.9. The van der Waals surface area contributed by atoms with Crippen LogP contribution in [0.4, 0.5) is 4.39 Å². The zero-order valence-corrected chi connectivity index (χ0v) is 15.8. The van der Waals surface area contributed by atoms with Gasteiger partial charge in [0, 0.05) is 5.46 Å². The summed E-state index contributed by atoms with van der Waals surface area (Å²) in [5.41, 5.74) is -1.73. The summed E-state index contributed by atoms with van der Waals surface area (Å²) in [6.45, 7) is 12.7. The van der Waals surface area contributed by atoms with Crippen molar-refractivity contribution in [2.24, 2.45) is 0 Å². The van der Waals surface area contributed by atoms with Crippen molar-refractivity contribution in [2.75, 3.05) is 0 Å². The van der Waals surface area contributed by atoms with Gasteiger partial charge < -0.3 is 14.0 Å². The zero-order chi connectivity index (χ0) is 19.2. The van der Waals surface area contributed by atoms with E-state index in [9.17, 15) is 9.18 Å². The molecule has 25 heavy (non-hydrogen) atoms. The predicted octanol–water partition coefficient (Wildman–Crippen LogP) is 3.06. The highest BCUT2D eigenvalue weighted by atomic mass is 19.1. The van der Waals surface area contributed by atoms with Gasteiger partial charge in [0.1, 0.15) is 11.4 Å². The highest BCUT2D eigenvalue weighted by Gasteiger charge is 2.52. The summed E-state index contributed by atoms with van der Waals surface area (Å²) in [6, 6.07) is 2.69. The van der Waals surface area contributed by atoms with Gasteiger partial charge in [0.25, 0.3) is 0 Å². The quantitative estimate of drug-likeness (QED) is 0.469. The molecule has 0 aromatic heterocycles. The van der Waals surface area contributed by atoms with Crippen molar-refractivity contribution in [2.45, 2.75) is 65.3 Å². The van der Waals surface area contributed by atoms with Crippen LogP contribution in [0.15, 0.2) is 12.1 Å². The molecule has 1 heterocycles. The molecule has 0 saturated carbocycles. The summed E-state index contributed by atoms with van der Waals surface area (Å²) in [4.78, 5) is 12.4. The topological polar surface area (TPSA) is 44.8 Å². The number of benzene rings is 1. The second-order valence-corrected chi connectivity index (χ2v) is 8.16. The Morgan fingerprint density at radius 3 is 2.16 bits per heavy atom. The second kappa shape index (κ2) is 6.15. The third-order valence-corrected chi connectivity index (χ3v) is 4.40. The minimum absolute atomic E-state index is 0.0342. The highest BCUT2D eigenvalue weighted by molar-refractivity contribution is 6.62. The molecular formula is C19H24BFO4. The number of hydrogen-bond donors (Lipinski definition) is 0. The molecule has 0 radical (unpaired) electrons. The Hall–Kier alpha value is -1.84. The maximum atomic E-state index is 14.8. The largest absolute Gasteiger partial charge is 0.497 e. The monoisotopic (exact) mass is 346 g/mol. The molecule has 1 fully saturated rings. The molecule has 0 bridgehead atoms. The fourth-order valence-electron chi connectivity index (χ4n) is 2.35. The van der Waals surface area contributed by atoms with Crippen LogP contribution < -0.4 is 5.46 Å². The summed E-state index contributed by atoms with van der Waals surface area (Å²) >= 11 is 0. The van der Waals surface area contributed by atoms with E-state index in [0.717, 1.165) is 0 Å². The molecule has 4 nitrogen and oxygen atoms in total. The smallest absolute Gasteiger partial charge is 0.456 e. The lowest BCUT2D eigenvalue weighted by Gasteiger charge is -2.32. The van der Waals surface area contributed by atoms with Crippen molar-refractivity contribution in [3.63, 3.8) is 0 Å². The van der Waals surface area contributed by atoms with Crippen LogP contribution in [0.1, 0.15) is 64.4 Å². The van der Waals surface area contributed by atoms with Gasteiger partial charge in [-0.25, -0.2) is 9.18 Å². The minimum Gasteiger partial charge on any atom is -0.456 e. The van der Waals surface area contributed by atoms with Crippen LogP contribution >= 0.6 is 0 Å². The van der Waals surface area contributed by atoms with Crippen molar-refractivity contribution < 1.29 is 23.2 Å². The van der Waals surface area contributed by atoms with Crippen molar-refractivity contribution in [3.05, 3.63) is 29.1 Å². The Balaban J connectivity index is 2.48. The van der Waals surface area contributed by atoms with Gasteiger partial charge in [0.2, 0.25) is 0 Å². The van der Waals surface area contributed by atoms with Gasteiger partial charge in [-0.05, 0) is 60.6 Å². The summed E-state index contributed by atoms with van der Waals surface area (Å²) in [5.74, 6) is 1.05. The summed E-state index contributed by atoms with van der Waals surface area (Å²) in [6.07, 6.45) is 5.40.